The average molecular weight is 298 g/mol. The Hall–Kier alpha value is -2.64. The normalized spacial score (nSPS) is 9.62. The van der Waals surface area contributed by atoms with E-state index in [2.05, 4.69) is 15.4 Å². The summed E-state index contributed by atoms with van der Waals surface area (Å²) in [7, 11) is 1.43. The van der Waals surface area contributed by atoms with E-state index in [0.717, 1.165) is 6.07 Å². The first-order chi connectivity index (χ1) is 10.0. The number of carbonyl (C=O) groups is 3. The number of ether oxygens (including phenoxy) is 2. The van der Waals surface area contributed by atoms with Gasteiger partial charge in [-0.2, -0.15) is 0 Å². The zero-order chi connectivity index (χ0) is 15.7. The van der Waals surface area contributed by atoms with E-state index in [0.29, 0.717) is 0 Å². The molecule has 0 aliphatic carbocycles. The van der Waals surface area contributed by atoms with Gasteiger partial charge in [-0.25, -0.2) is 9.18 Å². The zero-order valence-electron chi connectivity index (χ0n) is 11.3. The third-order valence-corrected chi connectivity index (χ3v) is 2.24. The van der Waals surface area contributed by atoms with Crippen molar-refractivity contribution in [2.24, 2.45) is 0 Å². The van der Waals surface area contributed by atoms with E-state index >= 15 is 0 Å². The summed E-state index contributed by atoms with van der Waals surface area (Å²) in [5, 5.41) is 4.57. The minimum atomic E-state index is -0.783. The second-order valence-corrected chi connectivity index (χ2v) is 3.86. The van der Waals surface area contributed by atoms with Crippen LogP contribution < -0.4 is 15.4 Å². The Kier molecular flexibility index (Phi) is 6.66. The quantitative estimate of drug-likeness (QED) is 0.669. The van der Waals surface area contributed by atoms with Crippen LogP contribution in [0.3, 0.4) is 0 Å². The van der Waals surface area contributed by atoms with Crippen LogP contribution in [0.2, 0.25) is 0 Å². The molecule has 1 aromatic carbocycles. The fourth-order valence-electron chi connectivity index (χ4n) is 1.21. The van der Waals surface area contributed by atoms with Gasteiger partial charge in [-0.1, -0.05) is 6.07 Å². The second-order valence-electron chi connectivity index (χ2n) is 3.86. The van der Waals surface area contributed by atoms with Crippen molar-refractivity contribution >= 4 is 17.8 Å². The number of rotatable bonds is 7. The van der Waals surface area contributed by atoms with E-state index in [1.165, 1.54) is 25.2 Å². The summed E-state index contributed by atoms with van der Waals surface area (Å²) in [6, 6.07) is 5.26. The van der Waals surface area contributed by atoms with Crippen LogP contribution in [0.15, 0.2) is 24.3 Å². The SMILES string of the molecule is CNC(=O)CNC(=O)COC(=O)COc1cccc(F)c1. The maximum Gasteiger partial charge on any atom is 0.344 e. The van der Waals surface area contributed by atoms with Crippen molar-refractivity contribution in [1.82, 2.24) is 10.6 Å². The lowest BCUT2D eigenvalue weighted by Gasteiger charge is -2.07. The summed E-state index contributed by atoms with van der Waals surface area (Å²) in [6.07, 6.45) is 0. The Balaban J connectivity index is 2.22. The number of likely N-dealkylation sites (N-methyl/N-ethyl adjacent to an activating group) is 1. The molecule has 114 valence electrons. The molecule has 0 aliphatic rings. The van der Waals surface area contributed by atoms with Crippen molar-refractivity contribution in [3.05, 3.63) is 30.1 Å². The van der Waals surface area contributed by atoms with Crippen molar-refractivity contribution in [2.45, 2.75) is 0 Å². The van der Waals surface area contributed by atoms with Crippen LogP contribution in [0.25, 0.3) is 0 Å². The van der Waals surface area contributed by atoms with Crippen molar-refractivity contribution in [3.8, 4) is 5.75 Å². The van der Waals surface area contributed by atoms with Crippen LogP contribution in [0, 0.1) is 5.82 Å². The molecule has 0 aliphatic heterocycles. The minimum Gasteiger partial charge on any atom is -0.482 e. The second kappa shape index (κ2) is 8.51. The first-order valence-corrected chi connectivity index (χ1v) is 6.02. The molecule has 2 amide bonds. The van der Waals surface area contributed by atoms with Gasteiger partial charge in [0, 0.05) is 13.1 Å². The first-order valence-electron chi connectivity index (χ1n) is 6.02. The van der Waals surface area contributed by atoms with E-state index in [1.54, 1.807) is 0 Å². The number of nitrogens with one attached hydrogen (secondary N) is 2. The highest BCUT2D eigenvalue weighted by Crippen LogP contribution is 2.11. The molecule has 1 rings (SSSR count). The van der Waals surface area contributed by atoms with Gasteiger partial charge in [-0.05, 0) is 12.1 Å². The van der Waals surface area contributed by atoms with Crippen LogP contribution in [0.5, 0.6) is 5.75 Å². The van der Waals surface area contributed by atoms with E-state index < -0.39 is 30.9 Å². The number of amides is 2. The molecule has 0 spiro atoms. The number of benzene rings is 1. The highest BCUT2D eigenvalue weighted by molar-refractivity contribution is 5.86. The van der Waals surface area contributed by atoms with Gasteiger partial charge in [-0.15, -0.1) is 0 Å². The zero-order valence-corrected chi connectivity index (χ0v) is 11.3. The summed E-state index contributed by atoms with van der Waals surface area (Å²) in [4.78, 5) is 33.4. The van der Waals surface area contributed by atoms with Gasteiger partial charge in [0.2, 0.25) is 5.91 Å². The molecule has 0 fully saturated rings. The molecule has 7 nitrogen and oxygen atoms in total. The van der Waals surface area contributed by atoms with Gasteiger partial charge in [0.15, 0.2) is 13.2 Å². The Morgan fingerprint density at radius 3 is 2.62 bits per heavy atom. The molecule has 0 saturated heterocycles. The van der Waals surface area contributed by atoms with Crippen LogP contribution in [-0.2, 0) is 19.1 Å². The number of carbonyl (C=O) groups excluding carboxylic acids is 3. The van der Waals surface area contributed by atoms with E-state index in [1.807, 2.05) is 0 Å². The summed E-state index contributed by atoms with van der Waals surface area (Å²) in [5.41, 5.74) is 0. The van der Waals surface area contributed by atoms with Gasteiger partial charge < -0.3 is 20.1 Å². The van der Waals surface area contributed by atoms with Crippen molar-refractivity contribution in [2.75, 3.05) is 26.8 Å². The van der Waals surface area contributed by atoms with Crippen LogP contribution in [0.4, 0.5) is 4.39 Å². The number of hydrogen-bond donors (Lipinski definition) is 2. The van der Waals surface area contributed by atoms with Crippen molar-refractivity contribution < 1.29 is 28.2 Å². The Morgan fingerprint density at radius 2 is 1.95 bits per heavy atom. The van der Waals surface area contributed by atoms with Crippen molar-refractivity contribution in [1.29, 1.82) is 0 Å². The molecule has 2 N–H and O–H groups in total. The molecule has 21 heavy (non-hydrogen) atoms. The summed E-state index contributed by atoms with van der Waals surface area (Å²) >= 11 is 0. The topological polar surface area (TPSA) is 93.7 Å². The van der Waals surface area contributed by atoms with Crippen LogP contribution >= 0.6 is 0 Å². The molecule has 0 aromatic heterocycles. The largest absolute Gasteiger partial charge is 0.482 e. The molecular weight excluding hydrogens is 283 g/mol. The van der Waals surface area contributed by atoms with E-state index in [-0.39, 0.29) is 18.2 Å². The highest BCUT2D eigenvalue weighted by Gasteiger charge is 2.09. The van der Waals surface area contributed by atoms with Gasteiger partial charge in [0.1, 0.15) is 11.6 Å². The van der Waals surface area contributed by atoms with Crippen LogP contribution in [-0.4, -0.2) is 44.6 Å². The third-order valence-electron chi connectivity index (χ3n) is 2.24. The minimum absolute atomic E-state index is 0.177. The maximum atomic E-state index is 12.8. The fraction of sp³-hybridized carbons (Fsp3) is 0.308. The third kappa shape index (κ3) is 6.90. The molecule has 0 saturated carbocycles. The van der Waals surface area contributed by atoms with Gasteiger partial charge in [0.05, 0.1) is 6.54 Å². The predicted octanol–water partition coefficient (Wildman–Crippen LogP) is -0.390. The molecular formula is C13H15FN2O5. The molecule has 0 radical (unpaired) electrons. The lowest BCUT2D eigenvalue weighted by molar-refractivity contribution is -0.150. The molecule has 0 atom stereocenters. The Morgan fingerprint density at radius 1 is 1.19 bits per heavy atom. The first kappa shape index (κ1) is 16.4. The summed E-state index contributed by atoms with van der Waals surface area (Å²) in [5.74, 6) is -2.08. The Labute approximate surface area is 120 Å². The van der Waals surface area contributed by atoms with Gasteiger partial charge in [0.25, 0.3) is 5.91 Å². The Bertz CT molecular complexity index is 521. The summed E-state index contributed by atoms with van der Waals surface area (Å²) < 4.78 is 22.4. The smallest absolute Gasteiger partial charge is 0.344 e. The van der Waals surface area contributed by atoms with E-state index in [9.17, 15) is 18.8 Å². The number of esters is 1. The standard InChI is InChI=1S/C13H15FN2O5/c1-15-11(17)6-16-12(18)7-21-13(19)8-20-10-4-2-3-9(14)5-10/h2-5H,6-8H2,1H3,(H,15,17)(H,16,18). The molecule has 0 bridgehead atoms. The van der Waals surface area contributed by atoms with Gasteiger partial charge >= 0.3 is 5.97 Å². The lowest BCUT2D eigenvalue weighted by atomic mass is 10.3. The number of hydrogen-bond acceptors (Lipinski definition) is 5. The van der Waals surface area contributed by atoms with Crippen molar-refractivity contribution in [3.63, 3.8) is 0 Å². The summed E-state index contributed by atoms with van der Waals surface area (Å²) in [6.45, 7) is -1.18. The van der Waals surface area contributed by atoms with Crippen LogP contribution in [0.1, 0.15) is 0 Å². The molecule has 1 aromatic rings. The molecule has 0 unspecified atom stereocenters. The van der Waals surface area contributed by atoms with Gasteiger partial charge in [-0.3, -0.25) is 9.59 Å². The number of halogens is 1. The maximum absolute atomic E-state index is 12.8. The highest BCUT2D eigenvalue weighted by atomic mass is 19.1. The fourth-order valence-corrected chi connectivity index (χ4v) is 1.21. The molecule has 0 heterocycles. The average Bonchev–Trinajstić information content (AvgIpc) is 2.48. The lowest BCUT2D eigenvalue weighted by Crippen LogP contribution is -2.37. The monoisotopic (exact) mass is 298 g/mol. The predicted molar refractivity (Wildman–Crippen MR) is 69.9 cm³/mol. The van der Waals surface area contributed by atoms with E-state index in [4.69, 9.17) is 4.74 Å². The molecule has 8 heteroatoms.